The summed E-state index contributed by atoms with van der Waals surface area (Å²) in [5.74, 6) is 1.12. The summed E-state index contributed by atoms with van der Waals surface area (Å²) in [6.45, 7) is 0.512. The summed E-state index contributed by atoms with van der Waals surface area (Å²) in [4.78, 5) is 14.9. The molecule has 29 heavy (non-hydrogen) atoms. The number of halogens is 1. The fraction of sp³-hybridized carbons (Fsp3) is 0.0455. The van der Waals surface area contributed by atoms with E-state index in [2.05, 4.69) is 20.3 Å². The Morgan fingerprint density at radius 2 is 1.62 bits per heavy atom. The van der Waals surface area contributed by atoms with Crippen molar-refractivity contribution in [1.82, 2.24) is 15.0 Å². The first kappa shape index (κ1) is 18.4. The van der Waals surface area contributed by atoms with Crippen molar-refractivity contribution in [1.29, 1.82) is 0 Å². The lowest BCUT2D eigenvalue weighted by molar-refractivity contribution is 0.632. The maximum atomic E-state index is 14.1. The molecule has 0 saturated heterocycles. The van der Waals surface area contributed by atoms with E-state index in [9.17, 15) is 4.39 Å². The van der Waals surface area contributed by atoms with Gasteiger partial charge in [-0.3, -0.25) is 0 Å². The lowest BCUT2D eigenvalue weighted by Gasteiger charge is -2.25. The number of aromatic nitrogens is 3. The minimum absolute atomic E-state index is 0.288. The minimum Gasteiger partial charge on any atom is -0.393 e. The molecule has 0 spiro atoms. The van der Waals surface area contributed by atoms with Gasteiger partial charge >= 0.3 is 0 Å². The van der Waals surface area contributed by atoms with Crippen molar-refractivity contribution in [2.45, 2.75) is 6.54 Å². The number of hydrogen-bond acceptors (Lipinski definition) is 6. The van der Waals surface area contributed by atoms with E-state index in [4.69, 9.17) is 5.73 Å². The summed E-state index contributed by atoms with van der Waals surface area (Å²) in [6, 6.07) is 21.9. The van der Waals surface area contributed by atoms with Gasteiger partial charge in [0.05, 0.1) is 12.2 Å². The molecule has 6 nitrogen and oxygen atoms in total. The smallest absolute Gasteiger partial charge is 0.163 e. The Kier molecular flexibility index (Phi) is 5.29. The maximum Gasteiger partial charge on any atom is 0.163 e. The summed E-state index contributed by atoms with van der Waals surface area (Å²) in [6.07, 6.45) is 3.11. The van der Waals surface area contributed by atoms with Crippen LogP contribution in [0.2, 0.25) is 0 Å². The number of hydrogen-bond donors (Lipinski definition) is 2. The van der Waals surface area contributed by atoms with Gasteiger partial charge in [0.1, 0.15) is 23.6 Å². The molecule has 0 atom stereocenters. The zero-order valence-corrected chi connectivity index (χ0v) is 15.5. The molecule has 4 aromatic rings. The number of nitrogens with zero attached hydrogens (tertiary/aromatic N) is 4. The number of nitrogen functional groups attached to an aromatic ring is 1. The summed E-state index contributed by atoms with van der Waals surface area (Å²) >= 11 is 0. The van der Waals surface area contributed by atoms with Gasteiger partial charge in [-0.15, -0.1) is 0 Å². The highest BCUT2D eigenvalue weighted by Gasteiger charge is 2.19. The lowest BCUT2D eigenvalue weighted by Crippen LogP contribution is -2.21. The molecular weight excluding hydrogens is 367 g/mol. The Balaban J connectivity index is 1.74. The molecule has 0 radical (unpaired) electrons. The van der Waals surface area contributed by atoms with Gasteiger partial charge in [0, 0.05) is 6.20 Å². The lowest BCUT2D eigenvalue weighted by atomic mass is 10.2. The van der Waals surface area contributed by atoms with Gasteiger partial charge in [-0.1, -0.05) is 48.5 Å². The molecule has 0 aliphatic heterocycles. The van der Waals surface area contributed by atoms with E-state index in [0.29, 0.717) is 29.7 Å². The molecule has 0 saturated carbocycles. The van der Waals surface area contributed by atoms with Gasteiger partial charge in [0.2, 0.25) is 0 Å². The number of para-hydroxylation sites is 1. The molecular formula is C22H19FN6. The molecule has 3 N–H and O–H groups in total. The van der Waals surface area contributed by atoms with Crippen LogP contribution in [0.15, 0.2) is 85.3 Å². The zero-order valence-electron chi connectivity index (χ0n) is 15.5. The Labute approximate surface area is 167 Å². The highest BCUT2D eigenvalue weighted by Crippen LogP contribution is 2.33. The largest absolute Gasteiger partial charge is 0.393 e. The van der Waals surface area contributed by atoms with Crippen LogP contribution >= 0.6 is 0 Å². The molecule has 4 rings (SSSR count). The summed E-state index contributed by atoms with van der Waals surface area (Å²) in [7, 11) is 0. The van der Waals surface area contributed by atoms with E-state index >= 15 is 0 Å². The number of rotatable bonds is 6. The van der Waals surface area contributed by atoms with Crippen LogP contribution in [-0.4, -0.2) is 15.0 Å². The van der Waals surface area contributed by atoms with Crippen molar-refractivity contribution in [2.24, 2.45) is 0 Å². The van der Waals surface area contributed by atoms with Crippen LogP contribution < -0.4 is 16.0 Å². The Bertz CT molecular complexity index is 1090. The van der Waals surface area contributed by atoms with Gasteiger partial charge in [-0.25, -0.2) is 19.3 Å². The van der Waals surface area contributed by atoms with E-state index in [1.807, 2.05) is 53.4 Å². The summed E-state index contributed by atoms with van der Waals surface area (Å²) < 4.78 is 14.1. The molecule has 0 bridgehead atoms. The van der Waals surface area contributed by atoms with Crippen LogP contribution in [-0.2, 0) is 6.54 Å². The highest BCUT2D eigenvalue weighted by molar-refractivity contribution is 5.80. The average molecular weight is 386 g/mol. The van der Waals surface area contributed by atoms with E-state index in [1.54, 1.807) is 24.4 Å². The van der Waals surface area contributed by atoms with Gasteiger partial charge < -0.3 is 16.0 Å². The highest BCUT2D eigenvalue weighted by atomic mass is 19.1. The van der Waals surface area contributed by atoms with Crippen LogP contribution in [0.5, 0.6) is 0 Å². The maximum absolute atomic E-state index is 14.1. The number of anilines is 5. The van der Waals surface area contributed by atoms with E-state index in [0.717, 1.165) is 5.56 Å². The third kappa shape index (κ3) is 4.14. The second-order valence-electron chi connectivity index (χ2n) is 6.32. The third-order valence-corrected chi connectivity index (χ3v) is 4.35. The minimum atomic E-state index is -0.391. The first-order valence-corrected chi connectivity index (χ1v) is 9.07. The average Bonchev–Trinajstić information content (AvgIpc) is 2.77. The monoisotopic (exact) mass is 386 g/mol. The number of pyridine rings is 1. The Morgan fingerprint density at radius 3 is 2.38 bits per heavy atom. The van der Waals surface area contributed by atoms with Gasteiger partial charge in [-0.2, -0.15) is 0 Å². The molecule has 0 unspecified atom stereocenters. The van der Waals surface area contributed by atoms with Crippen LogP contribution in [0, 0.1) is 5.82 Å². The molecule has 144 valence electrons. The normalized spacial score (nSPS) is 10.5. The van der Waals surface area contributed by atoms with Gasteiger partial charge in [-0.05, 0) is 29.8 Å². The topological polar surface area (TPSA) is 80.0 Å². The van der Waals surface area contributed by atoms with Crippen molar-refractivity contribution >= 4 is 28.8 Å². The third-order valence-electron chi connectivity index (χ3n) is 4.35. The van der Waals surface area contributed by atoms with Crippen LogP contribution in [0.3, 0.4) is 0 Å². The Morgan fingerprint density at radius 1 is 0.862 bits per heavy atom. The van der Waals surface area contributed by atoms with Crippen LogP contribution in [0.25, 0.3) is 0 Å². The summed E-state index contributed by atoms with van der Waals surface area (Å²) in [5.41, 5.74) is 8.05. The fourth-order valence-electron chi connectivity index (χ4n) is 2.93. The fourth-order valence-corrected chi connectivity index (χ4v) is 2.93. The van der Waals surface area contributed by atoms with Crippen LogP contribution in [0.4, 0.5) is 33.2 Å². The first-order chi connectivity index (χ1) is 14.2. The second kappa shape index (κ2) is 8.35. The van der Waals surface area contributed by atoms with Crippen molar-refractivity contribution < 1.29 is 4.39 Å². The molecule has 0 fully saturated rings. The SMILES string of the molecule is Nc1c(Nc2ccccc2F)ncnc1N(Cc1ccccc1)c1ccccn1. The first-order valence-electron chi connectivity index (χ1n) is 9.07. The number of nitrogens with one attached hydrogen (secondary N) is 1. The molecule has 2 aromatic carbocycles. The second-order valence-corrected chi connectivity index (χ2v) is 6.32. The Hall–Kier alpha value is -4.00. The van der Waals surface area contributed by atoms with Gasteiger partial charge in [0.25, 0.3) is 0 Å². The number of nitrogens with two attached hydrogens (primary N) is 1. The zero-order chi connectivity index (χ0) is 20.1. The predicted octanol–water partition coefficient (Wildman–Crippen LogP) is 4.67. The predicted molar refractivity (Wildman–Crippen MR) is 113 cm³/mol. The molecule has 2 aromatic heterocycles. The van der Waals surface area contributed by atoms with E-state index in [-0.39, 0.29) is 5.69 Å². The number of benzene rings is 2. The molecule has 7 heteroatoms. The van der Waals surface area contributed by atoms with Crippen LogP contribution in [0.1, 0.15) is 5.56 Å². The molecule has 0 amide bonds. The van der Waals surface area contributed by atoms with E-state index in [1.165, 1.54) is 12.4 Å². The molecule has 0 aliphatic carbocycles. The quantitative estimate of drug-likeness (QED) is 0.501. The van der Waals surface area contributed by atoms with Crippen molar-refractivity contribution in [2.75, 3.05) is 16.0 Å². The standard InChI is InChI=1S/C22H19FN6/c23-17-10-4-5-11-18(17)28-21-20(24)22(27-15-26-21)29(19-12-6-7-13-25-19)14-16-8-2-1-3-9-16/h1-13,15H,14,24H2,(H,26,27,28). The van der Waals surface area contributed by atoms with Crippen molar-refractivity contribution in [3.05, 3.63) is 96.7 Å². The molecule has 0 aliphatic rings. The van der Waals surface area contributed by atoms with E-state index < -0.39 is 5.82 Å². The molecule has 2 heterocycles. The van der Waals surface area contributed by atoms with Gasteiger partial charge in [0.15, 0.2) is 11.6 Å². The van der Waals surface area contributed by atoms with Crippen molar-refractivity contribution in [3.8, 4) is 0 Å². The van der Waals surface area contributed by atoms with Crippen molar-refractivity contribution in [3.63, 3.8) is 0 Å². The summed E-state index contributed by atoms with van der Waals surface area (Å²) in [5, 5.41) is 2.95.